The zero-order chi connectivity index (χ0) is 9.68. The predicted molar refractivity (Wildman–Crippen MR) is 51.5 cm³/mol. The summed E-state index contributed by atoms with van der Waals surface area (Å²) >= 11 is 0. The highest BCUT2D eigenvalue weighted by Gasteiger charge is 2.21. The first-order valence-corrected chi connectivity index (χ1v) is 4.88. The summed E-state index contributed by atoms with van der Waals surface area (Å²) < 4.78 is 5.25. The van der Waals surface area contributed by atoms with Gasteiger partial charge in [-0.15, -0.1) is 0 Å². The van der Waals surface area contributed by atoms with Gasteiger partial charge in [0, 0.05) is 26.2 Å². The molecule has 0 radical (unpaired) electrons. The van der Waals surface area contributed by atoms with Crippen molar-refractivity contribution in [3.8, 4) is 0 Å². The molecule has 4 nitrogen and oxygen atoms in total. The smallest absolute Gasteiger partial charge is 0.0710 e. The van der Waals surface area contributed by atoms with E-state index in [2.05, 4.69) is 4.90 Å². The Morgan fingerprint density at radius 1 is 1.69 bits per heavy atom. The van der Waals surface area contributed by atoms with E-state index in [9.17, 15) is 0 Å². The molecule has 1 aliphatic heterocycles. The van der Waals surface area contributed by atoms with Gasteiger partial charge in [0.1, 0.15) is 0 Å². The van der Waals surface area contributed by atoms with Gasteiger partial charge in [-0.25, -0.2) is 0 Å². The number of rotatable bonds is 5. The summed E-state index contributed by atoms with van der Waals surface area (Å²) in [4.78, 5) is 2.34. The summed E-state index contributed by atoms with van der Waals surface area (Å²) in [6.45, 7) is 3.16. The van der Waals surface area contributed by atoms with E-state index in [1.54, 1.807) is 7.11 Å². The van der Waals surface area contributed by atoms with Crippen LogP contribution in [0.2, 0.25) is 0 Å². The SMILES string of the molecule is COC1CCN(CCC(N)CO)C1. The number of hydrogen-bond donors (Lipinski definition) is 2. The van der Waals surface area contributed by atoms with Crippen LogP contribution in [0.5, 0.6) is 0 Å². The second-order valence-corrected chi connectivity index (χ2v) is 3.68. The molecule has 0 amide bonds. The van der Waals surface area contributed by atoms with E-state index in [4.69, 9.17) is 15.6 Å². The molecule has 1 fully saturated rings. The second kappa shape index (κ2) is 5.54. The van der Waals surface area contributed by atoms with Crippen molar-refractivity contribution in [2.75, 3.05) is 33.4 Å². The zero-order valence-electron chi connectivity index (χ0n) is 8.28. The highest BCUT2D eigenvalue weighted by atomic mass is 16.5. The van der Waals surface area contributed by atoms with Crippen LogP contribution in [-0.2, 0) is 4.74 Å². The third-order valence-corrected chi connectivity index (χ3v) is 2.61. The van der Waals surface area contributed by atoms with Gasteiger partial charge in [-0.2, -0.15) is 0 Å². The van der Waals surface area contributed by atoms with Crippen molar-refractivity contribution < 1.29 is 9.84 Å². The van der Waals surface area contributed by atoms with Crippen LogP contribution in [0.25, 0.3) is 0 Å². The fourth-order valence-corrected chi connectivity index (χ4v) is 1.63. The number of methoxy groups -OCH3 is 1. The van der Waals surface area contributed by atoms with Crippen molar-refractivity contribution in [3.63, 3.8) is 0 Å². The number of likely N-dealkylation sites (tertiary alicyclic amines) is 1. The maximum absolute atomic E-state index is 8.74. The lowest BCUT2D eigenvalue weighted by Crippen LogP contribution is -2.32. The quantitative estimate of drug-likeness (QED) is 0.606. The molecule has 0 aliphatic carbocycles. The highest BCUT2D eigenvalue weighted by Crippen LogP contribution is 2.11. The monoisotopic (exact) mass is 188 g/mol. The third kappa shape index (κ3) is 3.60. The van der Waals surface area contributed by atoms with Crippen LogP contribution in [-0.4, -0.2) is 55.5 Å². The van der Waals surface area contributed by atoms with Crippen molar-refractivity contribution in [2.45, 2.75) is 25.0 Å². The van der Waals surface area contributed by atoms with E-state index in [1.807, 2.05) is 0 Å². The Labute approximate surface area is 79.7 Å². The van der Waals surface area contributed by atoms with Crippen molar-refractivity contribution in [1.82, 2.24) is 4.90 Å². The molecular formula is C9H20N2O2. The number of nitrogens with two attached hydrogens (primary N) is 1. The highest BCUT2D eigenvalue weighted by molar-refractivity contribution is 4.76. The Hall–Kier alpha value is -0.160. The topological polar surface area (TPSA) is 58.7 Å². The molecule has 1 saturated heterocycles. The Morgan fingerprint density at radius 2 is 2.46 bits per heavy atom. The van der Waals surface area contributed by atoms with Crippen LogP contribution in [0.15, 0.2) is 0 Å². The van der Waals surface area contributed by atoms with E-state index in [0.29, 0.717) is 6.10 Å². The molecule has 1 heterocycles. The molecular weight excluding hydrogens is 168 g/mol. The number of nitrogens with zero attached hydrogens (tertiary/aromatic N) is 1. The minimum absolute atomic E-state index is 0.0680. The summed E-state index contributed by atoms with van der Waals surface area (Å²) in [5.41, 5.74) is 5.61. The summed E-state index contributed by atoms with van der Waals surface area (Å²) in [6.07, 6.45) is 2.38. The Kier molecular flexibility index (Phi) is 4.66. The molecule has 0 aromatic rings. The third-order valence-electron chi connectivity index (χ3n) is 2.61. The van der Waals surface area contributed by atoms with Crippen LogP contribution >= 0.6 is 0 Å². The van der Waals surface area contributed by atoms with E-state index >= 15 is 0 Å². The van der Waals surface area contributed by atoms with Gasteiger partial charge in [-0.05, 0) is 19.4 Å². The van der Waals surface area contributed by atoms with Crippen LogP contribution in [0.4, 0.5) is 0 Å². The minimum Gasteiger partial charge on any atom is -0.395 e. The van der Waals surface area contributed by atoms with E-state index in [1.165, 1.54) is 0 Å². The maximum atomic E-state index is 8.74. The molecule has 4 heteroatoms. The molecule has 3 N–H and O–H groups in total. The standard InChI is InChI=1S/C9H20N2O2/c1-13-9-3-5-11(6-9)4-2-8(10)7-12/h8-9,12H,2-7,10H2,1H3. The molecule has 0 aromatic heterocycles. The summed E-state index contributed by atoms with van der Waals surface area (Å²) in [5, 5.41) is 8.74. The molecule has 1 rings (SSSR count). The molecule has 13 heavy (non-hydrogen) atoms. The number of hydrogen-bond acceptors (Lipinski definition) is 4. The van der Waals surface area contributed by atoms with Gasteiger partial charge in [0.2, 0.25) is 0 Å². The molecule has 0 aromatic carbocycles. The van der Waals surface area contributed by atoms with E-state index in [0.717, 1.165) is 32.5 Å². The molecule has 2 atom stereocenters. The van der Waals surface area contributed by atoms with Crippen LogP contribution in [0.1, 0.15) is 12.8 Å². The predicted octanol–water partition coefficient (Wildman–Crippen LogP) is -0.583. The van der Waals surface area contributed by atoms with Crippen molar-refractivity contribution >= 4 is 0 Å². The second-order valence-electron chi connectivity index (χ2n) is 3.68. The fraction of sp³-hybridized carbons (Fsp3) is 1.00. The summed E-state index contributed by atoms with van der Waals surface area (Å²) in [5.74, 6) is 0. The fourth-order valence-electron chi connectivity index (χ4n) is 1.63. The summed E-state index contributed by atoms with van der Waals surface area (Å²) in [7, 11) is 1.76. The van der Waals surface area contributed by atoms with Crippen molar-refractivity contribution in [2.24, 2.45) is 5.73 Å². The van der Waals surface area contributed by atoms with E-state index < -0.39 is 0 Å². The summed E-state index contributed by atoms with van der Waals surface area (Å²) in [6, 6.07) is -0.0680. The van der Waals surface area contributed by atoms with Gasteiger partial charge in [0.25, 0.3) is 0 Å². The van der Waals surface area contributed by atoms with Crippen molar-refractivity contribution in [3.05, 3.63) is 0 Å². The molecule has 0 spiro atoms. The lowest BCUT2D eigenvalue weighted by atomic mass is 10.2. The van der Waals surface area contributed by atoms with Gasteiger partial charge in [0.05, 0.1) is 12.7 Å². The molecule has 2 unspecified atom stereocenters. The first-order chi connectivity index (χ1) is 6.26. The number of aliphatic hydroxyl groups excluding tert-OH is 1. The van der Waals surface area contributed by atoms with Crippen LogP contribution < -0.4 is 5.73 Å². The van der Waals surface area contributed by atoms with Gasteiger partial charge < -0.3 is 20.5 Å². The van der Waals surface area contributed by atoms with Gasteiger partial charge in [-0.3, -0.25) is 0 Å². The van der Waals surface area contributed by atoms with E-state index in [-0.39, 0.29) is 12.6 Å². The van der Waals surface area contributed by atoms with Crippen molar-refractivity contribution in [1.29, 1.82) is 0 Å². The zero-order valence-corrected chi connectivity index (χ0v) is 8.28. The van der Waals surface area contributed by atoms with Gasteiger partial charge in [-0.1, -0.05) is 0 Å². The number of aliphatic hydroxyl groups is 1. The lowest BCUT2D eigenvalue weighted by Gasteiger charge is -2.17. The largest absolute Gasteiger partial charge is 0.395 e. The van der Waals surface area contributed by atoms with Gasteiger partial charge >= 0.3 is 0 Å². The first-order valence-electron chi connectivity index (χ1n) is 4.88. The van der Waals surface area contributed by atoms with Crippen LogP contribution in [0, 0.1) is 0 Å². The van der Waals surface area contributed by atoms with Crippen LogP contribution in [0.3, 0.4) is 0 Å². The average Bonchev–Trinajstić information content (AvgIpc) is 2.61. The molecule has 1 aliphatic rings. The van der Waals surface area contributed by atoms with Gasteiger partial charge in [0.15, 0.2) is 0 Å². The molecule has 78 valence electrons. The molecule has 0 bridgehead atoms. The first kappa shape index (κ1) is 10.9. The Morgan fingerprint density at radius 3 is 3.00 bits per heavy atom. The number of ether oxygens (including phenoxy) is 1. The lowest BCUT2D eigenvalue weighted by molar-refractivity contribution is 0.107. The Bertz CT molecular complexity index is 144. The minimum atomic E-state index is -0.0680. The maximum Gasteiger partial charge on any atom is 0.0710 e. The average molecular weight is 188 g/mol. The Balaban J connectivity index is 2.10. The molecule has 0 saturated carbocycles. The normalized spacial score (nSPS) is 26.5.